The van der Waals surface area contributed by atoms with Gasteiger partial charge in [-0.25, -0.2) is 9.67 Å². The zero-order chi connectivity index (χ0) is 18.3. The van der Waals surface area contributed by atoms with Crippen molar-refractivity contribution in [3.63, 3.8) is 0 Å². The van der Waals surface area contributed by atoms with Crippen molar-refractivity contribution in [3.8, 4) is 0 Å². The molecule has 4 rings (SSSR count). The van der Waals surface area contributed by atoms with E-state index in [-0.39, 0.29) is 11.6 Å². The fourth-order valence-electron chi connectivity index (χ4n) is 3.55. The molecule has 0 aliphatic carbocycles. The smallest absolute Gasteiger partial charge is 0.292 e. The predicted octanol–water partition coefficient (Wildman–Crippen LogP) is 0.688. The highest BCUT2D eigenvalue weighted by atomic mass is 16.1. The maximum atomic E-state index is 12.7. The normalized spacial score (nSPS) is 17.8. The third-order valence-corrected chi connectivity index (χ3v) is 4.95. The molecular formula is C18H23N7O. The fourth-order valence-corrected chi connectivity index (χ4v) is 3.55. The number of aryl methyl sites for hydroxylation is 1. The number of benzene rings is 1. The molecule has 3 aromatic rings. The molecule has 136 valence electrons. The van der Waals surface area contributed by atoms with Crippen LogP contribution in [-0.4, -0.2) is 38.5 Å². The van der Waals surface area contributed by atoms with Crippen molar-refractivity contribution in [1.29, 1.82) is 0 Å². The number of piperidine rings is 1. The van der Waals surface area contributed by atoms with Gasteiger partial charge in [0.1, 0.15) is 11.0 Å². The zero-order valence-electron chi connectivity index (χ0n) is 14.8. The van der Waals surface area contributed by atoms with E-state index in [0.29, 0.717) is 23.3 Å². The van der Waals surface area contributed by atoms with Gasteiger partial charge in [-0.15, -0.1) is 0 Å². The van der Waals surface area contributed by atoms with Crippen molar-refractivity contribution in [2.24, 2.45) is 12.8 Å². The number of imidazole rings is 1. The van der Waals surface area contributed by atoms with E-state index in [1.807, 2.05) is 28.8 Å². The van der Waals surface area contributed by atoms with E-state index >= 15 is 0 Å². The van der Waals surface area contributed by atoms with Gasteiger partial charge >= 0.3 is 0 Å². The molecule has 2 aromatic heterocycles. The molecule has 0 radical (unpaired) electrons. The molecule has 0 saturated carbocycles. The van der Waals surface area contributed by atoms with Gasteiger partial charge in [0.15, 0.2) is 0 Å². The molecule has 3 heterocycles. The number of anilines is 2. The average molecular weight is 353 g/mol. The largest absolute Gasteiger partial charge is 0.398 e. The minimum atomic E-state index is -0.169. The Kier molecular flexibility index (Phi) is 4.12. The van der Waals surface area contributed by atoms with Gasteiger partial charge in [-0.2, -0.15) is 5.10 Å². The molecule has 0 bridgehead atoms. The zero-order valence-corrected chi connectivity index (χ0v) is 14.8. The number of nitrogens with zero attached hydrogens (tertiary/aromatic N) is 5. The summed E-state index contributed by atoms with van der Waals surface area (Å²) in [4.78, 5) is 19.6. The Bertz CT molecular complexity index is 1010. The van der Waals surface area contributed by atoms with Crippen LogP contribution in [0, 0.1) is 0 Å². The average Bonchev–Trinajstić information content (AvgIpc) is 2.99. The van der Waals surface area contributed by atoms with Gasteiger partial charge in [-0.3, -0.25) is 4.79 Å². The Morgan fingerprint density at radius 1 is 1.31 bits per heavy atom. The highest BCUT2D eigenvalue weighted by Crippen LogP contribution is 2.25. The number of hydrogen-bond donors (Lipinski definition) is 2. The Morgan fingerprint density at radius 3 is 2.88 bits per heavy atom. The Morgan fingerprint density at radius 2 is 2.12 bits per heavy atom. The number of rotatable bonds is 3. The standard InChI is InChI=1S/C18H23N7O/c1-23-17(26)16-15(9-21-23)22-18(24-8-4-6-13(19)11-24)25(16)10-12-5-2-3-7-14(12)20/h2-3,5,7,9,13H,4,6,8,10-11,19-20H2,1H3. The van der Waals surface area contributed by atoms with Gasteiger partial charge in [0, 0.05) is 31.9 Å². The summed E-state index contributed by atoms with van der Waals surface area (Å²) in [6, 6.07) is 7.79. The third kappa shape index (κ3) is 2.82. The molecule has 1 fully saturated rings. The highest BCUT2D eigenvalue weighted by Gasteiger charge is 2.24. The quantitative estimate of drug-likeness (QED) is 0.671. The van der Waals surface area contributed by atoms with Crippen LogP contribution < -0.4 is 21.9 Å². The van der Waals surface area contributed by atoms with Gasteiger partial charge in [0.05, 0.1) is 12.7 Å². The van der Waals surface area contributed by atoms with E-state index in [4.69, 9.17) is 16.5 Å². The summed E-state index contributed by atoms with van der Waals surface area (Å²) >= 11 is 0. The second-order valence-electron chi connectivity index (χ2n) is 6.85. The van der Waals surface area contributed by atoms with Gasteiger partial charge < -0.3 is 20.9 Å². The first kappa shape index (κ1) is 16.6. The lowest BCUT2D eigenvalue weighted by Gasteiger charge is -2.32. The molecule has 4 N–H and O–H groups in total. The second-order valence-corrected chi connectivity index (χ2v) is 6.85. The predicted molar refractivity (Wildman–Crippen MR) is 102 cm³/mol. The summed E-state index contributed by atoms with van der Waals surface area (Å²) in [6.45, 7) is 2.07. The van der Waals surface area contributed by atoms with Crippen LogP contribution in [-0.2, 0) is 13.6 Å². The number of aromatic nitrogens is 4. The minimum Gasteiger partial charge on any atom is -0.398 e. The lowest BCUT2D eigenvalue weighted by molar-refractivity contribution is 0.495. The first-order valence-corrected chi connectivity index (χ1v) is 8.81. The molecule has 1 aromatic carbocycles. The van der Waals surface area contributed by atoms with E-state index in [9.17, 15) is 4.79 Å². The van der Waals surface area contributed by atoms with Crippen LogP contribution in [0.5, 0.6) is 0 Å². The molecule has 8 nitrogen and oxygen atoms in total. The van der Waals surface area contributed by atoms with Crippen LogP contribution in [0.25, 0.3) is 11.0 Å². The molecule has 0 amide bonds. The maximum Gasteiger partial charge on any atom is 0.292 e. The molecule has 0 spiro atoms. The molecule has 1 aliphatic heterocycles. The van der Waals surface area contributed by atoms with Crippen molar-refractivity contribution in [3.05, 3.63) is 46.4 Å². The van der Waals surface area contributed by atoms with Crippen molar-refractivity contribution in [2.75, 3.05) is 23.7 Å². The molecule has 1 aliphatic rings. The lowest BCUT2D eigenvalue weighted by atomic mass is 10.1. The summed E-state index contributed by atoms with van der Waals surface area (Å²) in [6.07, 6.45) is 3.65. The van der Waals surface area contributed by atoms with Gasteiger partial charge in [-0.05, 0) is 24.5 Å². The maximum absolute atomic E-state index is 12.7. The Hall–Kier alpha value is -2.87. The SMILES string of the molecule is Cn1ncc2nc(N3CCCC(N)C3)n(Cc3ccccc3N)c2c1=O. The van der Waals surface area contributed by atoms with Crippen LogP contribution in [0.2, 0.25) is 0 Å². The van der Waals surface area contributed by atoms with Crippen LogP contribution >= 0.6 is 0 Å². The molecular weight excluding hydrogens is 330 g/mol. The molecule has 1 saturated heterocycles. The van der Waals surface area contributed by atoms with E-state index in [1.165, 1.54) is 4.68 Å². The fraction of sp³-hybridized carbons (Fsp3) is 0.389. The topological polar surface area (TPSA) is 108 Å². The minimum absolute atomic E-state index is 0.111. The number of para-hydroxylation sites is 1. The summed E-state index contributed by atoms with van der Waals surface area (Å²) in [7, 11) is 1.65. The number of fused-ring (bicyclic) bond motifs is 1. The lowest BCUT2D eigenvalue weighted by Crippen LogP contribution is -2.44. The first-order valence-electron chi connectivity index (χ1n) is 8.81. The summed E-state index contributed by atoms with van der Waals surface area (Å²) in [5.41, 5.74) is 14.9. The van der Waals surface area contributed by atoms with Crippen molar-refractivity contribution < 1.29 is 0 Å². The van der Waals surface area contributed by atoms with Crippen molar-refractivity contribution >= 4 is 22.7 Å². The van der Waals surface area contributed by atoms with Gasteiger partial charge in [0.25, 0.3) is 5.56 Å². The van der Waals surface area contributed by atoms with Gasteiger partial charge in [0.2, 0.25) is 5.95 Å². The van der Waals surface area contributed by atoms with E-state index in [1.54, 1.807) is 13.2 Å². The third-order valence-electron chi connectivity index (χ3n) is 4.95. The highest BCUT2D eigenvalue weighted by molar-refractivity contribution is 5.77. The number of hydrogen-bond acceptors (Lipinski definition) is 6. The first-order chi connectivity index (χ1) is 12.5. The number of nitrogens with two attached hydrogens (primary N) is 2. The van der Waals surface area contributed by atoms with Crippen LogP contribution in [0.4, 0.5) is 11.6 Å². The second kappa shape index (κ2) is 6.45. The summed E-state index contributed by atoms with van der Waals surface area (Å²) in [5.74, 6) is 0.753. The monoisotopic (exact) mass is 353 g/mol. The molecule has 8 heteroatoms. The number of nitrogen functional groups attached to an aromatic ring is 1. The van der Waals surface area contributed by atoms with Gasteiger partial charge in [-0.1, -0.05) is 18.2 Å². The van der Waals surface area contributed by atoms with E-state index < -0.39 is 0 Å². The van der Waals surface area contributed by atoms with Crippen LogP contribution in [0.15, 0.2) is 35.3 Å². The summed E-state index contributed by atoms with van der Waals surface area (Å²) < 4.78 is 3.28. The van der Waals surface area contributed by atoms with Crippen LogP contribution in [0.1, 0.15) is 18.4 Å². The van der Waals surface area contributed by atoms with E-state index in [0.717, 1.165) is 37.4 Å². The molecule has 1 atom stereocenters. The molecule has 26 heavy (non-hydrogen) atoms. The van der Waals surface area contributed by atoms with Crippen molar-refractivity contribution in [1.82, 2.24) is 19.3 Å². The van der Waals surface area contributed by atoms with E-state index in [2.05, 4.69) is 10.00 Å². The van der Waals surface area contributed by atoms with Crippen LogP contribution in [0.3, 0.4) is 0 Å². The van der Waals surface area contributed by atoms with Crippen molar-refractivity contribution in [2.45, 2.75) is 25.4 Å². The Balaban J connectivity index is 1.89. The summed E-state index contributed by atoms with van der Waals surface area (Å²) in [5, 5.41) is 4.11. The Labute approximate surface area is 151 Å². The molecule has 1 unspecified atom stereocenters.